The lowest BCUT2D eigenvalue weighted by molar-refractivity contribution is 0.0601. The molecule has 0 fully saturated rings. The third-order valence-corrected chi connectivity index (χ3v) is 5.49. The zero-order chi connectivity index (χ0) is 20.0. The Morgan fingerprint density at radius 3 is 2.86 bits per heavy atom. The molecule has 3 aromatic heterocycles. The van der Waals surface area contributed by atoms with Crippen LogP contribution in [-0.4, -0.2) is 42.6 Å². The Bertz CT molecular complexity index is 1390. The largest absolute Gasteiger partial charge is 0.465 e. The fourth-order valence-corrected chi connectivity index (χ4v) is 4.05. The van der Waals surface area contributed by atoms with Crippen LogP contribution in [0.4, 0.5) is 0 Å². The number of aromatic nitrogens is 6. The normalized spacial score (nSPS) is 11.5. The van der Waals surface area contributed by atoms with Crippen LogP contribution in [0.15, 0.2) is 47.6 Å². The van der Waals surface area contributed by atoms with Crippen molar-refractivity contribution in [2.45, 2.75) is 17.8 Å². The highest BCUT2D eigenvalue weighted by Crippen LogP contribution is 2.26. The van der Waals surface area contributed by atoms with Crippen molar-refractivity contribution in [3.63, 3.8) is 0 Å². The fourth-order valence-electron chi connectivity index (χ4n) is 3.24. The summed E-state index contributed by atoms with van der Waals surface area (Å²) in [6.45, 7) is 1.87. The van der Waals surface area contributed by atoms with Gasteiger partial charge in [0, 0.05) is 5.39 Å². The number of nitrogens with one attached hydrogen (secondary N) is 1. The molecule has 9 heteroatoms. The highest BCUT2D eigenvalue weighted by Gasteiger charge is 2.14. The van der Waals surface area contributed by atoms with Crippen molar-refractivity contribution in [3.8, 4) is 0 Å². The lowest BCUT2D eigenvalue weighted by Gasteiger charge is -2.05. The predicted octanol–water partition coefficient (Wildman–Crippen LogP) is 3.54. The van der Waals surface area contributed by atoms with E-state index < -0.39 is 0 Å². The SMILES string of the molecule is COC(=O)c1ccc2nc(CSc3nc4ccccc4c4nc(C)nn34)[nH]c2c1. The Balaban J connectivity index is 1.49. The van der Waals surface area contributed by atoms with Gasteiger partial charge in [0.15, 0.2) is 10.8 Å². The Labute approximate surface area is 169 Å². The van der Waals surface area contributed by atoms with E-state index >= 15 is 0 Å². The van der Waals surface area contributed by atoms with Crippen LogP contribution < -0.4 is 0 Å². The first kappa shape index (κ1) is 17.6. The second-order valence-corrected chi connectivity index (χ2v) is 7.44. The zero-order valence-corrected chi connectivity index (χ0v) is 16.5. The van der Waals surface area contributed by atoms with Crippen molar-refractivity contribution in [2.24, 2.45) is 0 Å². The number of esters is 1. The molecule has 0 saturated carbocycles. The molecule has 0 aliphatic rings. The van der Waals surface area contributed by atoms with E-state index in [4.69, 9.17) is 9.72 Å². The topological polar surface area (TPSA) is 98.1 Å². The number of nitrogens with zero attached hydrogens (tertiary/aromatic N) is 5. The first-order valence-corrected chi connectivity index (χ1v) is 9.93. The number of carbonyl (C=O) groups excluding carboxylic acids is 1. The molecule has 0 aliphatic carbocycles. The number of fused-ring (bicyclic) bond motifs is 4. The molecule has 5 aromatic rings. The molecule has 0 spiro atoms. The van der Waals surface area contributed by atoms with Gasteiger partial charge in [-0.3, -0.25) is 0 Å². The van der Waals surface area contributed by atoms with Crippen molar-refractivity contribution in [1.82, 2.24) is 29.5 Å². The number of aromatic amines is 1. The van der Waals surface area contributed by atoms with Gasteiger partial charge >= 0.3 is 5.97 Å². The monoisotopic (exact) mass is 404 g/mol. The van der Waals surface area contributed by atoms with Gasteiger partial charge in [-0.15, -0.1) is 5.10 Å². The van der Waals surface area contributed by atoms with E-state index in [-0.39, 0.29) is 5.97 Å². The molecular formula is C20H16N6O2S. The van der Waals surface area contributed by atoms with Crippen LogP contribution in [0.3, 0.4) is 0 Å². The average Bonchev–Trinajstić information content (AvgIpc) is 3.33. The summed E-state index contributed by atoms with van der Waals surface area (Å²) < 4.78 is 6.55. The number of hydrogen-bond donors (Lipinski definition) is 1. The molecule has 0 bridgehead atoms. The molecule has 0 atom stereocenters. The van der Waals surface area contributed by atoms with Crippen molar-refractivity contribution in [2.75, 3.05) is 7.11 Å². The molecule has 29 heavy (non-hydrogen) atoms. The van der Waals surface area contributed by atoms with E-state index in [9.17, 15) is 4.79 Å². The predicted molar refractivity (Wildman–Crippen MR) is 110 cm³/mol. The Morgan fingerprint density at radius 2 is 2.00 bits per heavy atom. The summed E-state index contributed by atoms with van der Waals surface area (Å²) >= 11 is 1.53. The van der Waals surface area contributed by atoms with Crippen molar-refractivity contribution >= 4 is 45.3 Å². The molecule has 2 aromatic carbocycles. The molecule has 3 heterocycles. The van der Waals surface area contributed by atoms with Gasteiger partial charge in [0.05, 0.1) is 35.0 Å². The molecule has 5 rings (SSSR count). The molecular weight excluding hydrogens is 388 g/mol. The van der Waals surface area contributed by atoms with Gasteiger partial charge in [-0.05, 0) is 37.3 Å². The number of thioether (sulfide) groups is 1. The van der Waals surface area contributed by atoms with Crippen LogP contribution in [0.5, 0.6) is 0 Å². The van der Waals surface area contributed by atoms with Gasteiger partial charge in [-0.25, -0.2) is 19.7 Å². The maximum absolute atomic E-state index is 11.7. The van der Waals surface area contributed by atoms with E-state index in [0.29, 0.717) is 17.1 Å². The molecule has 1 N–H and O–H groups in total. The van der Waals surface area contributed by atoms with Gasteiger partial charge in [0.2, 0.25) is 0 Å². The number of ether oxygens (including phenoxy) is 1. The number of H-pyrrole nitrogens is 1. The maximum atomic E-state index is 11.7. The summed E-state index contributed by atoms with van der Waals surface area (Å²) in [5, 5.41) is 6.21. The molecule has 0 radical (unpaired) electrons. The minimum absolute atomic E-state index is 0.373. The Kier molecular flexibility index (Phi) is 4.17. The minimum Gasteiger partial charge on any atom is -0.465 e. The van der Waals surface area contributed by atoms with E-state index in [0.717, 1.165) is 38.6 Å². The van der Waals surface area contributed by atoms with Crippen LogP contribution in [-0.2, 0) is 10.5 Å². The number of carbonyl (C=O) groups is 1. The van der Waals surface area contributed by atoms with Crippen molar-refractivity contribution in [3.05, 3.63) is 59.7 Å². The van der Waals surface area contributed by atoms with E-state index in [1.165, 1.54) is 18.9 Å². The molecule has 0 amide bonds. The lowest BCUT2D eigenvalue weighted by atomic mass is 10.2. The standard InChI is InChI=1S/C20H16N6O2S/c1-11-21-18-13-5-3-4-6-14(13)24-20(26(18)25-11)29-10-17-22-15-8-7-12(19(27)28-2)9-16(15)23-17/h3-9H,10H2,1-2H3,(H,22,23). The average molecular weight is 404 g/mol. The Hall–Kier alpha value is -3.46. The molecule has 0 unspecified atom stereocenters. The number of rotatable bonds is 4. The van der Waals surface area contributed by atoms with Crippen LogP contribution in [0.2, 0.25) is 0 Å². The highest BCUT2D eigenvalue weighted by molar-refractivity contribution is 7.98. The maximum Gasteiger partial charge on any atom is 0.337 e. The summed E-state index contributed by atoms with van der Waals surface area (Å²) in [5.74, 6) is 1.68. The summed E-state index contributed by atoms with van der Waals surface area (Å²) in [5.41, 5.74) is 3.74. The Morgan fingerprint density at radius 1 is 1.14 bits per heavy atom. The number of hydrogen-bond acceptors (Lipinski definition) is 7. The van der Waals surface area contributed by atoms with Crippen LogP contribution in [0.25, 0.3) is 27.6 Å². The van der Waals surface area contributed by atoms with Gasteiger partial charge in [-0.2, -0.15) is 4.52 Å². The van der Waals surface area contributed by atoms with Crippen LogP contribution in [0, 0.1) is 6.92 Å². The van der Waals surface area contributed by atoms with Gasteiger partial charge in [0.25, 0.3) is 0 Å². The fraction of sp³-hybridized carbons (Fsp3) is 0.150. The van der Waals surface area contributed by atoms with E-state index in [2.05, 4.69) is 20.1 Å². The molecule has 0 saturated heterocycles. The number of benzene rings is 2. The van der Waals surface area contributed by atoms with Crippen LogP contribution in [0.1, 0.15) is 22.0 Å². The quantitative estimate of drug-likeness (QED) is 0.278. The summed E-state index contributed by atoms with van der Waals surface area (Å²) in [6, 6.07) is 13.2. The summed E-state index contributed by atoms with van der Waals surface area (Å²) in [4.78, 5) is 28.9. The van der Waals surface area contributed by atoms with Crippen molar-refractivity contribution < 1.29 is 9.53 Å². The first-order valence-electron chi connectivity index (χ1n) is 8.94. The molecule has 0 aliphatic heterocycles. The van der Waals surface area contributed by atoms with E-state index in [1.54, 1.807) is 22.7 Å². The third-order valence-electron chi connectivity index (χ3n) is 4.55. The van der Waals surface area contributed by atoms with Gasteiger partial charge < -0.3 is 9.72 Å². The van der Waals surface area contributed by atoms with Crippen LogP contribution >= 0.6 is 11.8 Å². The molecule has 8 nitrogen and oxygen atoms in total. The minimum atomic E-state index is -0.373. The smallest absolute Gasteiger partial charge is 0.337 e. The van der Waals surface area contributed by atoms with Crippen molar-refractivity contribution in [1.29, 1.82) is 0 Å². The molecule has 144 valence electrons. The second-order valence-electron chi connectivity index (χ2n) is 6.50. The first-order chi connectivity index (χ1) is 14.1. The highest BCUT2D eigenvalue weighted by atomic mass is 32.2. The number of aryl methyl sites for hydroxylation is 1. The number of imidazole rings is 1. The second kappa shape index (κ2) is 6.85. The van der Waals surface area contributed by atoms with Gasteiger partial charge in [-0.1, -0.05) is 23.9 Å². The van der Waals surface area contributed by atoms with Gasteiger partial charge in [0.1, 0.15) is 11.6 Å². The summed E-state index contributed by atoms with van der Waals surface area (Å²) in [7, 11) is 1.37. The van der Waals surface area contributed by atoms with E-state index in [1.807, 2.05) is 31.2 Å². The zero-order valence-electron chi connectivity index (χ0n) is 15.7. The third kappa shape index (κ3) is 3.09. The lowest BCUT2D eigenvalue weighted by Crippen LogP contribution is -2.00. The summed E-state index contributed by atoms with van der Waals surface area (Å²) in [6.07, 6.45) is 0. The number of para-hydroxylation sites is 1. The number of methoxy groups -OCH3 is 1.